The summed E-state index contributed by atoms with van der Waals surface area (Å²) in [7, 11) is -3.94. The van der Waals surface area contributed by atoms with Gasteiger partial charge < -0.3 is 5.11 Å². The van der Waals surface area contributed by atoms with Crippen LogP contribution in [0, 0.1) is 23.1 Å². The third kappa shape index (κ3) is 3.54. The highest BCUT2D eigenvalue weighted by atomic mass is 32.2. The summed E-state index contributed by atoms with van der Waals surface area (Å²) < 4.78 is 37.4. The molecule has 0 bridgehead atoms. The van der Waals surface area contributed by atoms with E-state index < -0.39 is 38.5 Å². The van der Waals surface area contributed by atoms with E-state index >= 15 is 0 Å². The predicted molar refractivity (Wildman–Crippen MR) is 70.0 cm³/mol. The first-order chi connectivity index (χ1) is 9.19. The molecule has 0 radical (unpaired) electrons. The third-order valence-electron chi connectivity index (χ3n) is 2.75. The largest absolute Gasteiger partial charge is 0.480 e. The summed E-state index contributed by atoms with van der Waals surface area (Å²) in [5.74, 6) is -3.29. The zero-order valence-corrected chi connectivity index (χ0v) is 11.8. The van der Waals surface area contributed by atoms with E-state index in [0.29, 0.717) is 0 Å². The number of hydrogen-bond donors (Lipinski definition) is 1. The number of aliphatic carboxylic acids is 1. The van der Waals surface area contributed by atoms with Crippen LogP contribution in [0.4, 0.5) is 4.39 Å². The Bertz CT molecular complexity index is 661. The molecule has 1 aromatic carbocycles. The van der Waals surface area contributed by atoms with Gasteiger partial charge >= 0.3 is 5.97 Å². The highest BCUT2D eigenvalue weighted by molar-refractivity contribution is 7.92. The van der Waals surface area contributed by atoms with Crippen LogP contribution in [0.15, 0.2) is 18.2 Å². The van der Waals surface area contributed by atoms with Gasteiger partial charge in [0.25, 0.3) is 0 Å². The van der Waals surface area contributed by atoms with Crippen molar-refractivity contribution in [2.45, 2.75) is 24.9 Å². The van der Waals surface area contributed by atoms with Gasteiger partial charge in [0.15, 0.2) is 15.1 Å². The molecule has 1 unspecified atom stereocenters. The van der Waals surface area contributed by atoms with E-state index in [9.17, 15) is 17.6 Å². The fourth-order valence-electron chi connectivity index (χ4n) is 1.92. The number of hydrogen-bond acceptors (Lipinski definition) is 4. The number of nitriles is 1. The van der Waals surface area contributed by atoms with Gasteiger partial charge in [-0.15, -0.1) is 0 Å². The van der Waals surface area contributed by atoms with Gasteiger partial charge in [0.05, 0.1) is 11.3 Å². The monoisotopic (exact) mass is 299 g/mol. The first kappa shape index (κ1) is 16.1. The Hall–Kier alpha value is -1.94. The average molecular weight is 299 g/mol. The van der Waals surface area contributed by atoms with Gasteiger partial charge in [-0.25, -0.2) is 12.8 Å². The number of rotatable bonds is 5. The lowest BCUT2D eigenvalue weighted by molar-refractivity contribution is -0.137. The Balaban J connectivity index is 3.14. The maximum Gasteiger partial charge on any atom is 0.322 e. The van der Waals surface area contributed by atoms with Crippen molar-refractivity contribution in [1.29, 1.82) is 5.26 Å². The Morgan fingerprint density at radius 2 is 2.05 bits per heavy atom. The van der Waals surface area contributed by atoms with Gasteiger partial charge in [-0.3, -0.25) is 4.79 Å². The molecule has 1 N–H and O–H groups in total. The maximum atomic E-state index is 13.2. The van der Waals surface area contributed by atoms with Crippen LogP contribution in [0.25, 0.3) is 0 Å². The van der Waals surface area contributed by atoms with Crippen molar-refractivity contribution in [1.82, 2.24) is 0 Å². The molecule has 20 heavy (non-hydrogen) atoms. The lowest BCUT2D eigenvalue weighted by atomic mass is 10.1. The molecule has 5 nitrogen and oxygen atoms in total. The molecular weight excluding hydrogens is 285 g/mol. The minimum Gasteiger partial charge on any atom is -0.480 e. The molecule has 0 aliphatic carbocycles. The van der Waals surface area contributed by atoms with Gasteiger partial charge in [0.1, 0.15) is 11.9 Å². The van der Waals surface area contributed by atoms with Crippen molar-refractivity contribution >= 4 is 15.8 Å². The normalized spacial score (nSPS) is 12.9. The summed E-state index contributed by atoms with van der Waals surface area (Å²) in [5, 5.41) is 16.2. The highest BCUT2D eigenvalue weighted by Crippen LogP contribution is 2.19. The quantitative estimate of drug-likeness (QED) is 0.893. The second-order valence-electron chi connectivity index (χ2n) is 4.74. The first-order valence-corrected chi connectivity index (χ1v) is 7.53. The summed E-state index contributed by atoms with van der Waals surface area (Å²) >= 11 is 0. The Morgan fingerprint density at radius 1 is 1.45 bits per heavy atom. The number of carboxylic acids is 1. The average Bonchev–Trinajstić information content (AvgIpc) is 2.29. The van der Waals surface area contributed by atoms with Crippen LogP contribution in [0.5, 0.6) is 0 Å². The van der Waals surface area contributed by atoms with Gasteiger partial charge in [-0.1, -0.05) is 19.9 Å². The maximum absolute atomic E-state index is 13.2. The van der Waals surface area contributed by atoms with Crippen LogP contribution in [-0.2, 0) is 20.4 Å². The molecule has 1 aromatic rings. The number of carboxylic acid groups (broad SMARTS) is 1. The zero-order chi connectivity index (χ0) is 15.5. The number of sulfone groups is 1. The molecule has 1 atom stereocenters. The van der Waals surface area contributed by atoms with E-state index in [2.05, 4.69) is 0 Å². The van der Waals surface area contributed by atoms with Crippen molar-refractivity contribution in [2.75, 3.05) is 0 Å². The number of halogens is 1. The summed E-state index contributed by atoms with van der Waals surface area (Å²) in [6, 6.07) is 4.95. The van der Waals surface area contributed by atoms with Crippen LogP contribution < -0.4 is 0 Å². The SMILES string of the molecule is CC(C)C(C(=O)O)S(=O)(=O)Cc1ccc(F)c(C#N)c1. The molecule has 0 amide bonds. The standard InChI is InChI=1S/C13H14FNO4S/c1-8(2)12(13(16)17)20(18,19)7-9-3-4-11(14)10(5-9)6-15/h3-5,8,12H,7H2,1-2H3,(H,16,17). The Kier molecular flexibility index (Phi) is 4.84. The molecule has 0 aliphatic heterocycles. The minimum absolute atomic E-state index is 0.190. The lowest BCUT2D eigenvalue weighted by Crippen LogP contribution is -2.35. The smallest absolute Gasteiger partial charge is 0.322 e. The topological polar surface area (TPSA) is 95.2 Å². The van der Waals surface area contributed by atoms with Gasteiger partial charge in [0, 0.05) is 0 Å². The second-order valence-corrected chi connectivity index (χ2v) is 6.86. The van der Waals surface area contributed by atoms with Gasteiger partial charge in [0.2, 0.25) is 0 Å². The lowest BCUT2D eigenvalue weighted by Gasteiger charge is -2.17. The highest BCUT2D eigenvalue weighted by Gasteiger charge is 2.35. The fourth-order valence-corrected chi connectivity index (χ4v) is 3.88. The molecule has 108 valence electrons. The van der Waals surface area contributed by atoms with E-state index in [1.54, 1.807) is 6.07 Å². The van der Waals surface area contributed by atoms with E-state index in [4.69, 9.17) is 10.4 Å². The summed E-state index contributed by atoms with van der Waals surface area (Å²) in [5.41, 5.74) is -0.0797. The zero-order valence-electron chi connectivity index (χ0n) is 11.0. The van der Waals surface area contributed by atoms with E-state index in [0.717, 1.165) is 12.1 Å². The van der Waals surface area contributed by atoms with Crippen LogP contribution in [0.2, 0.25) is 0 Å². The van der Waals surface area contributed by atoms with E-state index in [-0.39, 0.29) is 11.1 Å². The first-order valence-electron chi connectivity index (χ1n) is 5.82. The van der Waals surface area contributed by atoms with E-state index in [1.165, 1.54) is 19.9 Å². The molecule has 1 rings (SSSR count). The van der Waals surface area contributed by atoms with E-state index in [1.807, 2.05) is 0 Å². The Morgan fingerprint density at radius 3 is 2.50 bits per heavy atom. The number of nitrogens with zero attached hydrogens (tertiary/aromatic N) is 1. The molecule has 0 spiro atoms. The molecule has 7 heteroatoms. The number of carbonyl (C=O) groups is 1. The molecule has 0 aliphatic rings. The summed E-state index contributed by atoms with van der Waals surface area (Å²) in [4.78, 5) is 11.1. The van der Waals surface area contributed by atoms with Crippen molar-refractivity contribution in [2.24, 2.45) is 5.92 Å². The van der Waals surface area contributed by atoms with Crippen molar-refractivity contribution in [3.05, 3.63) is 35.1 Å². The van der Waals surface area contributed by atoms with Crippen LogP contribution in [0.1, 0.15) is 25.0 Å². The summed E-state index contributed by atoms with van der Waals surface area (Å²) in [6.45, 7) is 3.00. The van der Waals surface area contributed by atoms with Crippen molar-refractivity contribution in [3.63, 3.8) is 0 Å². The van der Waals surface area contributed by atoms with Crippen LogP contribution in [-0.4, -0.2) is 24.7 Å². The predicted octanol–water partition coefficient (Wildman–Crippen LogP) is 1.72. The fraction of sp³-hybridized carbons (Fsp3) is 0.385. The summed E-state index contributed by atoms with van der Waals surface area (Å²) in [6.07, 6.45) is 0. The molecule has 0 heterocycles. The van der Waals surface area contributed by atoms with Gasteiger partial charge in [-0.2, -0.15) is 5.26 Å². The second kappa shape index (κ2) is 6.01. The molecule has 0 fully saturated rings. The minimum atomic E-state index is -3.94. The molecular formula is C13H14FNO4S. The Labute approximate surface area is 116 Å². The molecule has 0 aromatic heterocycles. The molecule has 0 saturated carbocycles. The van der Waals surface area contributed by atoms with Crippen LogP contribution in [0.3, 0.4) is 0 Å². The molecule has 0 saturated heterocycles. The van der Waals surface area contributed by atoms with Gasteiger partial charge in [-0.05, 0) is 23.6 Å². The number of benzene rings is 1. The van der Waals surface area contributed by atoms with Crippen LogP contribution >= 0.6 is 0 Å². The third-order valence-corrected chi connectivity index (χ3v) is 5.01. The van der Waals surface area contributed by atoms with Crippen molar-refractivity contribution < 1.29 is 22.7 Å². The van der Waals surface area contributed by atoms with Crippen molar-refractivity contribution in [3.8, 4) is 6.07 Å².